The molecule has 2 N–H and O–H groups in total. The summed E-state index contributed by atoms with van der Waals surface area (Å²) in [6, 6.07) is 9.67. The Hall–Kier alpha value is -2.52. The number of anilines is 1. The number of nitriles is 1. The molecule has 2 rings (SSSR count). The molecule has 21 heavy (non-hydrogen) atoms. The van der Waals surface area contributed by atoms with Crippen molar-refractivity contribution in [3.8, 4) is 11.8 Å². The third kappa shape index (κ3) is 4.23. The van der Waals surface area contributed by atoms with Crippen LogP contribution in [0.2, 0.25) is 0 Å². The van der Waals surface area contributed by atoms with Crippen molar-refractivity contribution in [3.63, 3.8) is 0 Å². The van der Waals surface area contributed by atoms with Gasteiger partial charge in [-0.1, -0.05) is 12.1 Å². The Bertz CT molecular complexity index is 601. The average Bonchev–Trinajstić information content (AvgIpc) is 2.93. The maximum atomic E-state index is 8.86. The molecule has 0 amide bonds. The highest BCUT2D eigenvalue weighted by Gasteiger charge is 2.07. The van der Waals surface area contributed by atoms with E-state index in [4.69, 9.17) is 15.1 Å². The van der Waals surface area contributed by atoms with E-state index in [9.17, 15) is 0 Å². The highest BCUT2D eigenvalue weighted by atomic mass is 16.5. The number of aromatic nitrogens is 2. The molecule has 0 bridgehead atoms. The first-order valence-electron chi connectivity index (χ1n) is 6.72. The van der Waals surface area contributed by atoms with E-state index in [0.717, 1.165) is 11.3 Å². The van der Waals surface area contributed by atoms with Crippen LogP contribution in [-0.2, 0) is 6.54 Å². The first-order chi connectivity index (χ1) is 10.2. The summed E-state index contributed by atoms with van der Waals surface area (Å²) in [7, 11) is 0. The lowest BCUT2D eigenvalue weighted by Crippen LogP contribution is -2.06. The second-order valence-corrected chi connectivity index (χ2v) is 4.60. The molecule has 0 aliphatic rings. The summed E-state index contributed by atoms with van der Waals surface area (Å²) in [5.74, 6) is 0.684. The van der Waals surface area contributed by atoms with Crippen LogP contribution in [0.25, 0.3) is 0 Å². The van der Waals surface area contributed by atoms with Gasteiger partial charge in [0.05, 0.1) is 25.0 Å². The molecule has 0 saturated carbocycles. The van der Waals surface area contributed by atoms with Crippen molar-refractivity contribution < 1.29 is 9.84 Å². The Balaban J connectivity index is 1.95. The molecule has 1 aromatic heterocycles. The van der Waals surface area contributed by atoms with Crippen LogP contribution in [0.3, 0.4) is 0 Å². The van der Waals surface area contributed by atoms with Crippen LogP contribution in [-0.4, -0.2) is 28.1 Å². The third-order valence-electron chi connectivity index (χ3n) is 3.03. The molecule has 1 heterocycles. The fourth-order valence-corrected chi connectivity index (χ4v) is 1.96. The van der Waals surface area contributed by atoms with Gasteiger partial charge >= 0.3 is 0 Å². The van der Waals surface area contributed by atoms with Crippen LogP contribution >= 0.6 is 0 Å². The summed E-state index contributed by atoms with van der Waals surface area (Å²) in [5.41, 5.74) is 2.01. The second kappa shape index (κ2) is 7.31. The molecule has 0 spiro atoms. The van der Waals surface area contributed by atoms with Gasteiger partial charge in [-0.15, -0.1) is 0 Å². The lowest BCUT2D eigenvalue weighted by atomic mass is 10.1. The molecular weight excluding hydrogens is 268 g/mol. The molecule has 1 unspecified atom stereocenters. The molecule has 1 atom stereocenters. The van der Waals surface area contributed by atoms with Gasteiger partial charge in [0.25, 0.3) is 0 Å². The van der Waals surface area contributed by atoms with Gasteiger partial charge in [-0.3, -0.25) is 4.68 Å². The minimum atomic E-state index is 0.0528. The molecule has 6 nitrogen and oxygen atoms in total. The number of nitrogens with one attached hydrogen (secondary N) is 1. The number of benzene rings is 1. The van der Waals surface area contributed by atoms with Crippen LogP contribution in [0.5, 0.6) is 5.75 Å². The van der Waals surface area contributed by atoms with Gasteiger partial charge in [-0.25, -0.2) is 0 Å². The van der Waals surface area contributed by atoms with E-state index in [1.54, 1.807) is 10.9 Å². The predicted molar refractivity (Wildman–Crippen MR) is 78.9 cm³/mol. The Kier molecular flexibility index (Phi) is 5.18. The van der Waals surface area contributed by atoms with Crippen LogP contribution in [0.1, 0.15) is 18.5 Å². The molecule has 0 saturated heterocycles. The lowest BCUT2D eigenvalue weighted by Gasteiger charge is -2.14. The number of aliphatic hydroxyl groups excluding tert-OH is 1. The van der Waals surface area contributed by atoms with Gasteiger partial charge in [-0.05, 0) is 24.6 Å². The fraction of sp³-hybridized carbons (Fsp3) is 0.333. The molecule has 110 valence electrons. The van der Waals surface area contributed by atoms with E-state index in [1.807, 2.05) is 36.5 Å². The number of rotatable bonds is 7. The predicted octanol–water partition coefficient (Wildman–Crippen LogP) is 1.95. The zero-order valence-corrected chi connectivity index (χ0v) is 11.9. The molecule has 0 radical (unpaired) electrons. The second-order valence-electron chi connectivity index (χ2n) is 4.60. The number of hydrogen-bond donors (Lipinski definition) is 2. The maximum absolute atomic E-state index is 8.86. The molecule has 6 heteroatoms. The van der Waals surface area contributed by atoms with Crippen molar-refractivity contribution in [1.82, 2.24) is 9.78 Å². The van der Waals surface area contributed by atoms with E-state index in [2.05, 4.69) is 17.3 Å². The van der Waals surface area contributed by atoms with E-state index >= 15 is 0 Å². The quantitative estimate of drug-likeness (QED) is 0.813. The monoisotopic (exact) mass is 286 g/mol. The average molecular weight is 286 g/mol. The van der Waals surface area contributed by atoms with Gasteiger partial charge < -0.3 is 15.2 Å². The SMILES string of the molecule is CC(Nc1cnn(CCO)c1)c1ccc(OCC#N)cc1. The lowest BCUT2D eigenvalue weighted by molar-refractivity contribution is 0.269. The molecular formula is C15H18N4O2. The minimum absolute atomic E-state index is 0.0528. The number of hydrogen-bond acceptors (Lipinski definition) is 5. The molecule has 0 aliphatic carbocycles. The van der Waals surface area contributed by atoms with Gasteiger partial charge in [0.15, 0.2) is 6.61 Å². The number of aliphatic hydroxyl groups is 1. The van der Waals surface area contributed by atoms with Crippen molar-refractivity contribution in [2.75, 3.05) is 18.5 Å². The summed E-state index contributed by atoms with van der Waals surface area (Å²) in [5, 5.41) is 24.8. The summed E-state index contributed by atoms with van der Waals surface area (Å²) in [6.45, 7) is 2.66. The Morgan fingerprint density at radius 1 is 1.43 bits per heavy atom. The minimum Gasteiger partial charge on any atom is -0.479 e. The van der Waals surface area contributed by atoms with Gasteiger partial charge in [0.1, 0.15) is 11.8 Å². The van der Waals surface area contributed by atoms with Crippen molar-refractivity contribution in [3.05, 3.63) is 42.2 Å². The molecule has 0 aliphatic heterocycles. The molecule has 0 fully saturated rings. The first kappa shape index (κ1) is 14.9. The van der Waals surface area contributed by atoms with Crippen LogP contribution in [0, 0.1) is 11.3 Å². The summed E-state index contributed by atoms with van der Waals surface area (Å²) in [6.07, 6.45) is 3.59. The fourth-order valence-electron chi connectivity index (χ4n) is 1.96. The van der Waals surface area contributed by atoms with Crippen LogP contribution < -0.4 is 10.1 Å². The normalized spacial score (nSPS) is 11.7. The summed E-state index contributed by atoms with van der Waals surface area (Å²) >= 11 is 0. The number of nitrogens with zero attached hydrogens (tertiary/aromatic N) is 3. The largest absolute Gasteiger partial charge is 0.479 e. The Labute approximate surface area is 123 Å². The number of ether oxygens (including phenoxy) is 1. The summed E-state index contributed by atoms with van der Waals surface area (Å²) in [4.78, 5) is 0. The summed E-state index contributed by atoms with van der Waals surface area (Å²) < 4.78 is 6.91. The zero-order valence-electron chi connectivity index (χ0n) is 11.9. The van der Waals surface area contributed by atoms with Crippen molar-refractivity contribution in [2.45, 2.75) is 19.5 Å². The molecule has 2 aromatic rings. The van der Waals surface area contributed by atoms with Crippen molar-refractivity contribution in [2.24, 2.45) is 0 Å². The van der Waals surface area contributed by atoms with Gasteiger partial charge in [0.2, 0.25) is 0 Å². The highest BCUT2D eigenvalue weighted by Crippen LogP contribution is 2.21. The highest BCUT2D eigenvalue weighted by molar-refractivity contribution is 5.42. The van der Waals surface area contributed by atoms with Crippen molar-refractivity contribution >= 4 is 5.69 Å². The first-order valence-corrected chi connectivity index (χ1v) is 6.72. The Morgan fingerprint density at radius 3 is 2.86 bits per heavy atom. The topological polar surface area (TPSA) is 83.1 Å². The van der Waals surface area contributed by atoms with E-state index in [0.29, 0.717) is 12.3 Å². The standard InChI is InChI=1S/C15H18N4O2/c1-12(18-14-10-17-19(11-14)7-8-20)13-2-4-15(5-3-13)21-9-6-16/h2-5,10-12,18,20H,7-9H2,1H3. The van der Waals surface area contributed by atoms with Gasteiger partial charge in [0, 0.05) is 12.2 Å². The zero-order chi connectivity index (χ0) is 15.1. The van der Waals surface area contributed by atoms with Gasteiger partial charge in [-0.2, -0.15) is 10.4 Å². The van der Waals surface area contributed by atoms with Crippen molar-refractivity contribution in [1.29, 1.82) is 5.26 Å². The van der Waals surface area contributed by atoms with E-state index in [-0.39, 0.29) is 19.3 Å². The third-order valence-corrected chi connectivity index (χ3v) is 3.03. The Morgan fingerprint density at radius 2 is 2.19 bits per heavy atom. The smallest absolute Gasteiger partial charge is 0.174 e. The van der Waals surface area contributed by atoms with E-state index < -0.39 is 0 Å². The molecule has 1 aromatic carbocycles. The van der Waals surface area contributed by atoms with E-state index in [1.165, 1.54) is 0 Å². The van der Waals surface area contributed by atoms with Crippen LogP contribution in [0.4, 0.5) is 5.69 Å². The van der Waals surface area contributed by atoms with Crippen LogP contribution in [0.15, 0.2) is 36.7 Å². The maximum Gasteiger partial charge on any atom is 0.174 e.